The molecule has 3 heterocycles. The third-order valence-electron chi connectivity index (χ3n) is 3.81. The molecule has 0 N–H and O–H groups in total. The van der Waals surface area contributed by atoms with Crippen LogP contribution in [0.25, 0.3) is 11.5 Å². The van der Waals surface area contributed by atoms with Gasteiger partial charge in [-0.05, 0) is 36.8 Å². The van der Waals surface area contributed by atoms with Gasteiger partial charge < -0.3 is 4.52 Å². The molecule has 1 saturated heterocycles. The fourth-order valence-corrected chi connectivity index (χ4v) is 3.56. The van der Waals surface area contributed by atoms with E-state index in [1.807, 2.05) is 30.0 Å². The fraction of sp³-hybridized carbons (Fsp3) is 0.562. The van der Waals surface area contributed by atoms with E-state index in [1.165, 1.54) is 6.42 Å². The van der Waals surface area contributed by atoms with E-state index in [0.29, 0.717) is 11.1 Å². The zero-order valence-electron chi connectivity index (χ0n) is 13.1. The maximum Gasteiger partial charge on any atom is 0.244 e. The molecule has 1 fully saturated rings. The summed E-state index contributed by atoms with van der Waals surface area (Å²) in [5.41, 5.74) is 0.761. The van der Waals surface area contributed by atoms with Crippen LogP contribution in [0.1, 0.15) is 38.6 Å². The molecule has 0 saturated carbocycles. The second kappa shape index (κ2) is 7.24. The van der Waals surface area contributed by atoms with E-state index >= 15 is 0 Å². The van der Waals surface area contributed by atoms with Gasteiger partial charge in [-0.25, -0.2) is 0 Å². The molecule has 5 nitrogen and oxygen atoms in total. The average Bonchev–Trinajstić information content (AvgIpc) is 3.16. The van der Waals surface area contributed by atoms with E-state index in [4.69, 9.17) is 4.52 Å². The van der Waals surface area contributed by atoms with Crippen molar-refractivity contribution in [1.82, 2.24) is 20.0 Å². The van der Waals surface area contributed by atoms with Crippen molar-refractivity contribution >= 4 is 11.8 Å². The third-order valence-corrected chi connectivity index (χ3v) is 4.90. The van der Waals surface area contributed by atoms with Gasteiger partial charge in [0.2, 0.25) is 11.7 Å². The highest BCUT2D eigenvalue weighted by atomic mass is 32.2. The quantitative estimate of drug-likeness (QED) is 0.813. The van der Waals surface area contributed by atoms with Crippen molar-refractivity contribution in [1.29, 1.82) is 0 Å². The Hall–Kier alpha value is -1.40. The lowest BCUT2D eigenvalue weighted by Crippen LogP contribution is -2.26. The molecule has 0 amide bonds. The van der Waals surface area contributed by atoms with Gasteiger partial charge in [-0.1, -0.05) is 25.1 Å². The highest BCUT2D eigenvalue weighted by Crippen LogP contribution is 2.31. The number of hydrogen-bond donors (Lipinski definition) is 0. The van der Waals surface area contributed by atoms with Gasteiger partial charge in [0.15, 0.2) is 0 Å². The van der Waals surface area contributed by atoms with E-state index in [2.05, 4.69) is 33.9 Å². The van der Waals surface area contributed by atoms with Crippen LogP contribution in [-0.2, 0) is 0 Å². The van der Waals surface area contributed by atoms with Crippen molar-refractivity contribution < 1.29 is 4.52 Å². The van der Waals surface area contributed by atoms with Gasteiger partial charge in [-0.3, -0.25) is 9.88 Å². The van der Waals surface area contributed by atoms with Crippen LogP contribution in [0.15, 0.2) is 28.9 Å². The number of pyridine rings is 1. The predicted molar refractivity (Wildman–Crippen MR) is 88.7 cm³/mol. The van der Waals surface area contributed by atoms with Crippen LogP contribution in [0.4, 0.5) is 0 Å². The maximum absolute atomic E-state index is 5.51. The lowest BCUT2D eigenvalue weighted by atomic mass is 10.2. The van der Waals surface area contributed by atoms with E-state index < -0.39 is 0 Å². The Morgan fingerprint density at radius 1 is 1.41 bits per heavy atom. The molecule has 118 valence electrons. The molecular weight excluding hydrogens is 296 g/mol. The second-order valence-electron chi connectivity index (χ2n) is 5.78. The molecule has 0 aromatic carbocycles. The Kier molecular flexibility index (Phi) is 5.10. The summed E-state index contributed by atoms with van der Waals surface area (Å²) in [6, 6.07) is 5.98. The van der Waals surface area contributed by atoms with E-state index in [0.717, 1.165) is 36.8 Å². The number of aromatic nitrogens is 3. The Morgan fingerprint density at radius 2 is 2.32 bits per heavy atom. The minimum atomic E-state index is 0.262. The zero-order chi connectivity index (χ0) is 15.4. The van der Waals surface area contributed by atoms with E-state index in [-0.39, 0.29) is 6.04 Å². The lowest BCUT2D eigenvalue weighted by molar-refractivity contribution is 0.218. The average molecular weight is 318 g/mol. The molecule has 0 aliphatic carbocycles. The normalized spacial score (nSPS) is 19.1. The Morgan fingerprint density at radius 3 is 3.09 bits per heavy atom. The van der Waals surface area contributed by atoms with Crippen LogP contribution in [0.3, 0.4) is 0 Å². The SMILES string of the molecule is CC(C)SCCN1CCCC1c1nc(-c2ccccn2)no1. The number of likely N-dealkylation sites (tertiary alicyclic amines) is 1. The molecule has 3 rings (SSSR count). The van der Waals surface area contributed by atoms with Crippen LogP contribution in [-0.4, -0.2) is 44.1 Å². The molecule has 1 aliphatic heterocycles. The second-order valence-corrected chi connectivity index (χ2v) is 7.47. The van der Waals surface area contributed by atoms with E-state index in [1.54, 1.807) is 6.20 Å². The first kappa shape index (κ1) is 15.5. The van der Waals surface area contributed by atoms with Crippen molar-refractivity contribution in [3.8, 4) is 11.5 Å². The van der Waals surface area contributed by atoms with Crippen LogP contribution < -0.4 is 0 Å². The summed E-state index contributed by atoms with van der Waals surface area (Å²) < 4.78 is 5.51. The number of hydrogen-bond acceptors (Lipinski definition) is 6. The van der Waals surface area contributed by atoms with Crippen LogP contribution in [0.2, 0.25) is 0 Å². The van der Waals surface area contributed by atoms with Gasteiger partial charge >= 0.3 is 0 Å². The van der Waals surface area contributed by atoms with Crippen LogP contribution >= 0.6 is 11.8 Å². The number of rotatable bonds is 6. The van der Waals surface area contributed by atoms with Crippen molar-refractivity contribution in [2.45, 2.75) is 38.0 Å². The summed E-state index contributed by atoms with van der Waals surface area (Å²) in [6.45, 7) is 6.67. The summed E-state index contributed by atoms with van der Waals surface area (Å²) in [5.74, 6) is 2.46. The molecule has 1 unspecified atom stereocenters. The number of thioether (sulfide) groups is 1. The monoisotopic (exact) mass is 318 g/mol. The van der Waals surface area contributed by atoms with Crippen molar-refractivity contribution in [3.05, 3.63) is 30.3 Å². The molecule has 1 atom stereocenters. The lowest BCUT2D eigenvalue weighted by Gasteiger charge is -2.21. The van der Waals surface area contributed by atoms with Gasteiger partial charge in [-0.15, -0.1) is 0 Å². The fourth-order valence-electron chi connectivity index (χ4n) is 2.75. The Bertz CT molecular complexity index is 587. The predicted octanol–water partition coefficient (Wildman–Crippen LogP) is 3.41. The third kappa shape index (κ3) is 3.67. The van der Waals surface area contributed by atoms with Crippen molar-refractivity contribution in [3.63, 3.8) is 0 Å². The topological polar surface area (TPSA) is 55.1 Å². The largest absolute Gasteiger partial charge is 0.337 e. The van der Waals surface area contributed by atoms with E-state index in [9.17, 15) is 0 Å². The first-order chi connectivity index (χ1) is 10.7. The molecule has 1 aliphatic rings. The Balaban J connectivity index is 1.67. The molecule has 0 radical (unpaired) electrons. The summed E-state index contributed by atoms with van der Waals surface area (Å²) >= 11 is 2.00. The molecule has 6 heteroatoms. The van der Waals surface area contributed by atoms with Gasteiger partial charge in [-0.2, -0.15) is 16.7 Å². The zero-order valence-corrected chi connectivity index (χ0v) is 13.9. The first-order valence-corrected chi connectivity index (χ1v) is 8.89. The molecule has 0 bridgehead atoms. The maximum atomic E-state index is 5.51. The van der Waals surface area contributed by atoms with Gasteiger partial charge in [0.25, 0.3) is 0 Å². The smallest absolute Gasteiger partial charge is 0.244 e. The van der Waals surface area contributed by atoms with Gasteiger partial charge in [0, 0.05) is 18.5 Å². The van der Waals surface area contributed by atoms with Crippen molar-refractivity contribution in [2.75, 3.05) is 18.8 Å². The molecule has 2 aromatic heterocycles. The minimum absolute atomic E-state index is 0.262. The molecule has 22 heavy (non-hydrogen) atoms. The van der Waals surface area contributed by atoms with Gasteiger partial charge in [0.05, 0.1) is 6.04 Å². The molecule has 0 spiro atoms. The number of nitrogens with zero attached hydrogens (tertiary/aromatic N) is 4. The highest BCUT2D eigenvalue weighted by Gasteiger charge is 2.30. The summed E-state index contributed by atoms with van der Waals surface area (Å²) in [4.78, 5) is 11.3. The standard InChI is InChI=1S/C16H22N4OS/c1-12(2)22-11-10-20-9-5-7-14(20)16-18-15(19-21-16)13-6-3-4-8-17-13/h3-4,6,8,12,14H,5,7,9-11H2,1-2H3. The van der Waals surface area contributed by atoms with Crippen LogP contribution in [0, 0.1) is 0 Å². The summed E-state index contributed by atoms with van der Waals surface area (Å²) in [7, 11) is 0. The summed E-state index contributed by atoms with van der Waals surface area (Å²) in [5, 5.41) is 4.77. The first-order valence-electron chi connectivity index (χ1n) is 7.84. The Labute approximate surface area is 135 Å². The van der Waals surface area contributed by atoms with Gasteiger partial charge in [0.1, 0.15) is 5.69 Å². The minimum Gasteiger partial charge on any atom is -0.337 e. The molecule has 2 aromatic rings. The molecular formula is C16H22N4OS. The summed E-state index contributed by atoms with van der Waals surface area (Å²) in [6.07, 6.45) is 4.03. The highest BCUT2D eigenvalue weighted by molar-refractivity contribution is 7.99. The van der Waals surface area contributed by atoms with Crippen LogP contribution in [0.5, 0.6) is 0 Å². The van der Waals surface area contributed by atoms with Crippen molar-refractivity contribution in [2.24, 2.45) is 0 Å².